The maximum absolute atomic E-state index is 14.6. The van der Waals surface area contributed by atoms with Gasteiger partial charge in [0.1, 0.15) is 6.04 Å². The summed E-state index contributed by atoms with van der Waals surface area (Å²) >= 11 is 1.59. The number of nitrogens with zero attached hydrogens (tertiary/aromatic N) is 4. The molecule has 0 aliphatic carbocycles. The van der Waals surface area contributed by atoms with Crippen LogP contribution in [0.3, 0.4) is 0 Å². The van der Waals surface area contributed by atoms with Gasteiger partial charge >= 0.3 is 0 Å². The molecule has 1 spiro atoms. The predicted octanol–water partition coefficient (Wildman–Crippen LogP) is 1.04. The van der Waals surface area contributed by atoms with Crippen LogP contribution in [0, 0.1) is 11.8 Å². The van der Waals surface area contributed by atoms with Gasteiger partial charge < -0.3 is 24.5 Å². The highest BCUT2D eigenvalue weighted by atomic mass is 32.2. The topological polar surface area (TPSA) is 93.6 Å². The minimum Gasteiger partial charge on any atom is -0.394 e. The van der Waals surface area contributed by atoms with E-state index in [4.69, 9.17) is 4.74 Å². The van der Waals surface area contributed by atoms with Crippen molar-refractivity contribution in [2.45, 2.75) is 34.9 Å². The Morgan fingerprint density at radius 1 is 0.976 bits per heavy atom. The van der Waals surface area contributed by atoms with Crippen LogP contribution in [0.15, 0.2) is 54.6 Å². The molecule has 5 heterocycles. The van der Waals surface area contributed by atoms with Crippen LogP contribution in [-0.2, 0) is 25.5 Å². The van der Waals surface area contributed by atoms with Crippen LogP contribution in [-0.4, -0.2) is 130 Å². The summed E-state index contributed by atoms with van der Waals surface area (Å²) in [6, 6.07) is 8.36. The van der Waals surface area contributed by atoms with Crippen LogP contribution in [0.1, 0.15) is 12.5 Å². The van der Waals surface area contributed by atoms with Gasteiger partial charge in [-0.1, -0.05) is 54.6 Å². The average Bonchev–Trinajstić information content (AvgIpc) is 3.27. The molecule has 3 fully saturated rings. The molecule has 0 aromatic heterocycles. The van der Waals surface area contributed by atoms with E-state index in [9.17, 15) is 19.5 Å². The first-order valence-electron chi connectivity index (χ1n) is 14.7. The Labute approximate surface area is 246 Å². The zero-order valence-corrected chi connectivity index (χ0v) is 24.7. The molecule has 5 aliphatic heterocycles. The number of benzene rings is 1. The maximum Gasteiger partial charge on any atom is 0.247 e. The molecule has 3 saturated heterocycles. The first kappa shape index (κ1) is 28.5. The molecule has 0 bridgehead atoms. The third-order valence-corrected chi connectivity index (χ3v) is 11.3. The van der Waals surface area contributed by atoms with Gasteiger partial charge in [0.05, 0.1) is 42.4 Å². The molecule has 10 heteroatoms. The van der Waals surface area contributed by atoms with E-state index in [1.165, 1.54) is 0 Å². The van der Waals surface area contributed by atoms with E-state index in [1.54, 1.807) is 28.6 Å². The molecule has 0 radical (unpaired) electrons. The number of likely N-dealkylation sites (tertiary alicyclic amines) is 1. The van der Waals surface area contributed by atoms with E-state index in [2.05, 4.69) is 17.1 Å². The summed E-state index contributed by atoms with van der Waals surface area (Å²) in [5, 5.41) is 10.7. The molecule has 6 rings (SSSR count). The molecule has 6 atom stereocenters. The molecule has 1 unspecified atom stereocenters. The Morgan fingerprint density at radius 2 is 1.71 bits per heavy atom. The van der Waals surface area contributed by atoms with Crippen LogP contribution >= 0.6 is 11.8 Å². The second-order valence-corrected chi connectivity index (χ2v) is 13.8. The van der Waals surface area contributed by atoms with Crippen molar-refractivity contribution in [2.75, 3.05) is 66.1 Å². The fourth-order valence-electron chi connectivity index (χ4n) is 7.45. The lowest BCUT2D eigenvalue weighted by molar-refractivity contribution is -0.147. The van der Waals surface area contributed by atoms with Gasteiger partial charge in [-0.3, -0.25) is 19.3 Å². The third kappa shape index (κ3) is 4.82. The van der Waals surface area contributed by atoms with Crippen molar-refractivity contribution in [2.24, 2.45) is 11.8 Å². The standard InChI is InChI=1S/C31H40N4O5S/c1-30-10-6-12-32(2)27(37)24(30)25-28(38)35(23(21-36)20-22-8-4-3-5-9-22)26-29(39)34(13-7-11-31(25,26)41-30)15-14-33-16-18-40-19-17-33/h3-11,23-26,36H,12-21H2,1-2H3/t23-,24-,25+,26?,30+,31+/m1/s1. The number of amides is 3. The normalized spacial score (nSPS) is 34.4. The van der Waals surface area contributed by atoms with Crippen molar-refractivity contribution in [3.63, 3.8) is 0 Å². The average molecular weight is 581 g/mol. The maximum atomic E-state index is 14.6. The number of hydrogen-bond donors (Lipinski definition) is 1. The Hall–Kier alpha value is -2.66. The smallest absolute Gasteiger partial charge is 0.247 e. The fourth-order valence-corrected chi connectivity index (χ4v) is 9.59. The van der Waals surface area contributed by atoms with Gasteiger partial charge in [0.15, 0.2) is 0 Å². The number of aliphatic hydroxyl groups is 1. The minimum atomic E-state index is -0.913. The Morgan fingerprint density at radius 3 is 2.44 bits per heavy atom. The highest BCUT2D eigenvalue weighted by Crippen LogP contribution is 2.65. The van der Waals surface area contributed by atoms with Crippen molar-refractivity contribution in [1.82, 2.24) is 19.6 Å². The van der Waals surface area contributed by atoms with E-state index >= 15 is 0 Å². The fraction of sp³-hybridized carbons (Fsp3) is 0.581. The summed E-state index contributed by atoms with van der Waals surface area (Å²) in [5.74, 6) is -1.70. The third-order valence-electron chi connectivity index (χ3n) is 9.49. The van der Waals surface area contributed by atoms with Gasteiger partial charge in [0.2, 0.25) is 17.7 Å². The molecular weight excluding hydrogens is 540 g/mol. The van der Waals surface area contributed by atoms with Crippen molar-refractivity contribution >= 4 is 29.5 Å². The highest BCUT2D eigenvalue weighted by molar-refractivity contribution is 8.02. The molecule has 1 aromatic carbocycles. The quantitative estimate of drug-likeness (QED) is 0.482. The monoisotopic (exact) mass is 580 g/mol. The Balaban J connectivity index is 1.40. The van der Waals surface area contributed by atoms with Crippen LogP contribution < -0.4 is 0 Å². The molecule has 9 nitrogen and oxygen atoms in total. The van der Waals surface area contributed by atoms with Crippen LogP contribution in [0.25, 0.3) is 0 Å². The van der Waals surface area contributed by atoms with E-state index in [1.807, 2.05) is 54.3 Å². The zero-order chi connectivity index (χ0) is 28.8. The van der Waals surface area contributed by atoms with Crippen molar-refractivity contribution in [1.29, 1.82) is 0 Å². The van der Waals surface area contributed by atoms with Gasteiger partial charge in [0, 0.05) is 51.1 Å². The highest BCUT2D eigenvalue weighted by Gasteiger charge is 2.74. The van der Waals surface area contributed by atoms with Gasteiger partial charge in [0.25, 0.3) is 0 Å². The number of carbonyl (C=O) groups excluding carboxylic acids is 3. The lowest BCUT2D eigenvalue weighted by Gasteiger charge is -2.40. The first-order chi connectivity index (χ1) is 19.8. The first-order valence-corrected chi connectivity index (χ1v) is 15.5. The zero-order valence-electron chi connectivity index (χ0n) is 23.9. The number of rotatable bonds is 7. The van der Waals surface area contributed by atoms with Gasteiger partial charge in [-0.15, -0.1) is 11.8 Å². The summed E-state index contributed by atoms with van der Waals surface area (Å²) in [6.45, 7) is 7.01. The van der Waals surface area contributed by atoms with Crippen LogP contribution in [0.5, 0.6) is 0 Å². The summed E-state index contributed by atoms with van der Waals surface area (Å²) < 4.78 is 3.95. The largest absolute Gasteiger partial charge is 0.394 e. The number of ether oxygens (including phenoxy) is 1. The summed E-state index contributed by atoms with van der Waals surface area (Å²) in [4.78, 5) is 50.6. The van der Waals surface area contributed by atoms with Crippen molar-refractivity contribution < 1.29 is 24.2 Å². The van der Waals surface area contributed by atoms with Crippen molar-refractivity contribution in [3.8, 4) is 0 Å². The number of morpholine rings is 1. The van der Waals surface area contributed by atoms with Crippen LogP contribution in [0.4, 0.5) is 0 Å². The number of likely N-dealkylation sites (N-methyl/N-ethyl adjacent to an activating group) is 1. The van der Waals surface area contributed by atoms with Gasteiger partial charge in [-0.2, -0.15) is 0 Å². The molecule has 220 valence electrons. The lowest BCUT2D eigenvalue weighted by Crippen LogP contribution is -2.58. The summed E-state index contributed by atoms with van der Waals surface area (Å²) in [5.41, 5.74) is 0.983. The number of hydrogen-bond acceptors (Lipinski definition) is 7. The lowest BCUT2D eigenvalue weighted by atomic mass is 9.74. The number of thioether (sulfide) groups is 1. The molecule has 5 aliphatic rings. The van der Waals surface area contributed by atoms with E-state index in [0.29, 0.717) is 39.3 Å². The number of fused-ring (bicyclic) bond motifs is 2. The van der Waals surface area contributed by atoms with Crippen molar-refractivity contribution in [3.05, 3.63) is 60.2 Å². The van der Waals surface area contributed by atoms with Crippen LogP contribution in [0.2, 0.25) is 0 Å². The number of aliphatic hydroxyl groups excluding tert-OH is 1. The molecule has 1 aromatic rings. The summed E-state index contributed by atoms with van der Waals surface area (Å²) in [7, 11) is 1.77. The predicted molar refractivity (Wildman–Crippen MR) is 157 cm³/mol. The molecular formula is C31H40N4O5S. The molecule has 0 saturated carbocycles. The SMILES string of the molecule is CN1CC=C[C@]2(C)S[C@]34C=CCN(CCN5CCOCC5)C(=O)C3N([C@@H](CO)Cc3ccccc3)C(=O)[C@@H]4[C@@H]2C1=O. The van der Waals surface area contributed by atoms with E-state index in [-0.39, 0.29) is 24.3 Å². The van der Waals surface area contributed by atoms with E-state index < -0.39 is 33.4 Å². The second-order valence-electron chi connectivity index (χ2n) is 12.0. The number of carbonyl (C=O) groups is 3. The van der Waals surface area contributed by atoms with Gasteiger partial charge in [-0.05, 0) is 18.9 Å². The molecule has 41 heavy (non-hydrogen) atoms. The summed E-state index contributed by atoms with van der Waals surface area (Å²) in [6.07, 6.45) is 8.57. The second kappa shape index (κ2) is 11.2. The minimum absolute atomic E-state index is 0.0706. The molecule has 1 N–H and O–H groups in total. The van der Waals surface area contributed by atoms with Gasteiger partial charge in [-0.25, -0.2) is 0 Å². The van der Waals surface area contributed by atoms with E-state index in [0.717, 1.165) is 25.2 Å². The molecule has 3 amide bonds. The Kier molecular flexibility index (Phi) is 7.78. The Bertz CT molecular complexity index is 1240.